The van der Waals surface area contributed by atoms with Crippen LogP contribution in [-0.2, 0) is 4.79 Å². The van der Waals surface area contributed by atoms with E-state index in [0.717, 1.165) is 22.4 Å². The molecule has 124 valence electrons. The summed E-state index contributed by atoms with van der Waals surface area (Å²) in [5.74, 6) is 0.259. The fraction of sp³-hybridized carbons (Fsp3) is 0.0588. The minimum atomic E-state index is -0.147. The number of amides is 1. The number of nitrogens with one attached hydrogen (secondary N) is 1. The Morgan fingerprint density at radius 1 is 1.24 bits per heavy atom. The van der Waals surface area contributed by atoms with Gasteiger partial charge in [0.25, 0.3) is 0 Å². The van der Waals surface area contributed by atoms with Crippen molar-refractivity contribution in [2.45, 2.75) is 11.8 Å². The van der Waals surface area contributed by atoms with Crippen molar-refractivity contribution < 1.29 is 9.90 Å². The first-order valence-electron chi connectivity index (χ1n) is 7.26. The molecule has 1 aromatic carbocycles. The monoisotopic (exact) mass is 351 g/mol. The predicted molar refractivity (Wildman–Crippen MR) is 92.8 cm³/mol. The van der Waals surface area contributed by atoms with Gasteiger partial charge < -0.3 is 5.11 Å². The van der Waals surface area contributed by atoms with Gasteiger partial charge in [0.2, 0.25) is 11.8 Å². The van der Waals surface area contributed by atoms with E-state index >= 15 is 0 Å². The van der Waals surface area contributed by atoms with E-state index in [1.807, 2.05) is 0 Å². The number of carbonyl (C=O) groups is 1. The predicted octanol–water partition coefficient (Wildman–Crippen LogP) is 2.65. The van der Waals surface area contributed by atoms with Gasteiger partial charge in [-0.25, -0.2) is 4.98 Å². The van der Waals surface area contributed by atoms with Gasteiger partial charge in [0.15, 0.2) is 5.82 Å². The van der Waals surface area contributed by atoms with Crippen molar-refractivity contribution in [1.82, 2.24) is 19.5 Å². The van der Waals surface area contributed by atoms with Gasteiger partial charge in [0.1, 0.15) is 0 Å². The zero-order valence-corrected chi connectivity index (χ0v) is 14.0. The average Bonchev–Trinajstić information content (AvgIpc) is 3.02. The Labute approximate surface area is 148 Å². The molecule has 0 radical (unpaired) electrons. The zero-order valence-electron chi connectivity index (χ0n) is 13.2. The van der Waals surface area contributed by atoms with Crippen molar-refractivity contribution in [3.63, 3.8) is 0 Å². The van der Waals surface area contributed by atoms with Gasteiger partial charge in [-0.05, 0) is 41.8 Å². The van der Waals surface area contributed by atoms with Gasteiger partial charge in [-0.1, -0.05) is 12.1 Å². The summed E-state index contributed by atoms with van der Waals surface area (Å²) < 4.78 is 3.93. The van der Waals surface area contributed by atoms with E-state index in [1.54, 1.807) is 48.8 Å². The fourth-order valence-electron chi connectivity index (χ4n) is 2.13. The standard InChI is InChI=1S/C17H13N5O2S/c1-11(23)21-25-14-6-7-16(19-9-14)22-17(24)15(10-20-22)13-4-2-12(8-18)3-5-13/h2-7,9-10,24H,1H3,(H,21,23). The quantitative estimate of drug-likeness (QED) is 0.700. The van der Waals surface area contributed by atoms with Gasteiger partial charge in [-0.15, -0.1) is 0 Å². The average molecular weight is 351 g/mol. The maximum absolute atomic E-state index is 10.9. The van der Waals surface area contributed by atoms with Gasteiger partial charge in [0, 0.05) is 18.0 Å². The van der Waals surface area contributed by atoms with Gasteiger partial charge in [0.05, 0.1) is 23.4 Å². The molecule has 8 heteroatoms. The maximum Gasteiger partial charge on any atom is 0.226 e. The lowest BCUT2D eigenvalue weighted by molar-refractivity contribution is -0.117. The molecule has 3 rings (SSSR count). The molecule has 0 aliphatic carbocycles. The summed E-state index contributed by atoms with van der Waals surface area (Å²) in [5, 5.41) is 23.5. The molecule has 7 nitrogen and oxygen atoms in total. The highest BCUT2D eigenvalue weighted by Crippen LogP contribution is 2.30. The van der Waals surface area contributed by atoms with Crippen LogP contribution in [0.1, 0.15) is 12.5 Å². The van der Waals surface area contributed by atoms with Crippen LogP contribution in [0, 0.1) is 11.3 Å². The van der Waals surface area contributed by atoms with E-state index in [1.165, 1.54) is 11.6 Å². The molecular weight excluding hydrogens is 338 g/mol. The van der Waals surface area contributed by atoms with E-state index in [-0.39, 0.29) is 11.8 Å². The summed E-state index contributed by atoms with van der Waals surface area (Å²) in [4.78, 5) is 15.9. The highest BCUT2D eigenvalue weighted by molar-refractivity contribution is 7.98. The lowest BCUT2D eigenvalue weighted by atomic mass is 10.1. The molecule has 2 N–H and O–H groups in total. The summed E-state index contributed by atoms with van der Waals surface area (Å²) >= 11 is 1.16. The smallest absolute Gasteiger partial charge is 0.226 e. The van der Waals surface area contributed by atoms with E-state index in [4.69, 9.17) is 5.26 Å². The van der Waals surface area contributed by atoms with Crippen molar-refractivity contribution >= 4 is 17.9 Å². The van der Waals surface area contributed by atoms with Crippen molar-refractivity contribution in [2.24, 2.45) is 0 Å². The second-order valence-corrected chi connectivity index (χ2v) is 5.97. The summed E-state index contributed by atoms with van der Waals surface area (Å²) in [7, 11) is 0. The Morgan fingerprint density at radius 2 is 2.00 bits per heavy atom. The molecule has 3 aromatic rings. The molecule has 0 saturated carbocycles. The Morgan fingerprint density at radius 3 is 2.60 bits per heavy atom. The molecule has 0 aliphatic rings. The van der Waals surface area contributed by atoms with E-state index in [0.29, 0.717) is 16.9 Å². The Bertz CT molecular complexity index is 943. The number of rotatable bonds is 4. The third-order valence-electron chi connectivity index (χ3n) is 3.32. The highest BCUT2D eigenvalue weighted by atomic mass is 32.2. The zero-order chi connectivity index (χ0) is 17.8. The summed E-state index contributed by atoms with van der Waals surface area (Å²) in [6, 6.07) is 12.4. The second-order valence-electron chi connectivity index (χ2n) is 5.10. The number of aromatic hydroxyl groups is 1. The molecule has 0 spiro atoms. The summed E-state index contributed by atoms with van der Waals surface area (Å²) in [6.07, 6.45) is 3.12. The van der Waals surface area contributed by atoms with Crippen LogP contribution in [0.15, 0.2) is 53.7 Å². The lowest BCUT2D eigenvalue weighted by Crippen LogP contribution is -2.09. The maximum atomic E-state index is 10.9. The normalized spacial score (nSPS) is 10.2. The van der Waals surface area contributed by atoms with Crippen LogP contribution in [0.5, 0.6) is 5.88 Å². The third kappa shape index (κ3) is 3.62. The number of nitriles is 1. The van der Waals surface area contributed by atoms with Gasteiger partial charge in [-0.3, -0.25) is 9.52 Å². The van der Waals surface area contributed by atoms with Crippen molar-refractivity contribution in [1.29, 1.82) is 5.26 Å². The number of aromatic nitrogens is 3. The van der Waals surface area contributed by atoms with E-state index in [9.17, 15) is 9.90 Å². The largest absolute Gasteiger partial charge is 0.493 e. The van der Waals surface area contributed by atoms with Crippen molar-refractivity contribution in [3.05, 3.63) is 54.4 Å². The first kappa shape index (κ1) is 16.5. The first-order chi connectivity index (χ1) is 12.1. The van der Waals surface area contributed by atoms with Crippen LogP contribution in [0.2, 0.25) is 0 Å². The van der Waals surface area contributed by atoms with Crippen LogP contribution in [0.25, 0.3) is 16.9 Å². The highest BCUT2D eigenvalue weighted by Gasteiger charge is 2.13. The minimum Gasteiger partial charge on any atom is -0.493 e. The fourth-order valence-corrected chi connectivity index (χ4v) is 2.63. The Hall–Kier alpha value is -3.31. The summed E-state index contributed by atoms with van der Waals surface area (Å²) in [5.41, 5.74) is 1.84. The van der Waals surface area contributed by atoms with Crippen LogP contribution >= 0.6 is 11.9 Å². The molecule has 2 aromatic heterocycles. The molecule has 1 amide bonds. The van der Waals surface area contributed by atoms with E-state index in [2.05, 4.69) is 20.9 Å². The number of nitrogens with zero attached hydrogens (tertiary/aromatic N) is 4. The van der Waals surface area contributed by atoms with Crippen molar-refractivity contribution in [3.8, 4) is 28.9 Å². The van der Waals surface area contributed by atoms with Crippen LogP contribution in [0.3, 0.4) is 0 Å². The minimum absolute atomic E-state index is 0.0422. The van der Waals surface area contributed by atoms with Crippen LogP contribution in [-0.4, -0.2) is 25.8 Å². The van der Waals surface area contributed by atoms with Crippen molar-refractivity contribution in [2.75, 3.05) is 0 Å². The summed E-state index contributed by atoms with van der Waals surface area (Å²) in [6.45, 7) is 1.43. The molecule has 0 saturated heterocycles. The molecule has 0 fully saturated rings. The number of benzene rings is 1. The molecule has 2 heterocycles. The van der Waals surface area contributed by atoms with Crippen LogP contribution < -0.4 is 4.72 Å². The lowest BCUT2D eigenvalue weighted by Gasteiger charge is -2.05. The van der Waals surface area contributed by atoms with Gasteiger partial charge in [-0.2, -0.15) is 15.0 Å². The number of hydrogen-bond acceptors (Lipinski definition) is 6. The van der Waals surface area contributed by atoms with E-state index < -0.39 is 0 Å². The Balaban J connectivity index is 1.85. The third-order valence-corrected chi connectivity index (χ3v) is 4.19. The topological polar surface area (TPSA) is 104 Å². The molecular formula is C17H13N5O2S. The van der Waals surface area contributed by atoms with Gasteiger partial charge >= 0.3 is 0 Å². The molecule has 0 aliphatic heterocycles. The molecule has 25 heavy (non-hydrogen) atoms. The molecule has 0 atom stereocenters. The first-order valence-corrected chi connectivity index (χ1v) is 8.07. The number of hydrogen-bond donors (Lipinski definition) is 2. The molecule has 0 unspecified atom stereocenters. The molecule has 0 bridgehead atoms. The number of carbonyl (C=O) groups excluding carboxylic acids is 1. The second kappa shape index (κ2) is 7.07. The number of pyridine rings is 1. The SMILES string of the molecule is CC(=O)NSc1ccc(-n2ncc(-c3ccc(C#N)cc3)c2O)nc1. The van der Waals surface area contributed by atoms with Crippen LogP contribution in [0.4, 0.5) is 0 Å². The Kier molecular flexibility index (Phi) is 4.68.